The minimum atomic E-state index is -0.817. The molecule has 0 radical (unpaired) electrons. The Labute approximate surface area is 228 Å². The number of nitrogens with two attached hydrogens (primary N) is 1. The standard InChI is InChI=1S/C30H38N6OS/c1-17(29(2,3)4)36(7)16-18-10-20(15-30(5,6)37)21-13-23(33-22(21)11-18)27-28-24(34-35-27)14-25(38-28)19-8-9-32-26(31)12-19/h8-14,17,33,37H,15-16H2,1-7H3,(H2,31,32)(H,34,35)/t17-/m1/s1. The van der Waals surface area contributed by atoms with Crippen molar-refractivity contribution in [1.29, 1.82) is 0 Å². The van der Waals surface area contributed by atoms with Gasteiger partial charge in [0.2, 0.25) is 0 Å². The lowest BCUT2D eigenvalue weighted by molar-refractivity contribution is 0.0813. The number of aliphatic hydroxyl groups is 1. The number of hydrogen-bond acceptors (Lipinski definition) is 6. The van der Waals surface area contributed by atoms with E-state index >= 15 is 0 Å². The Bertz CT molecular complexity index is 1600. The summed E-state index contributed by atoms with van der Waals surface area (Å²) in [5, 5.41) is 19.7. The number of nitrogens with zero attached hydrogens (tertiary/aromatic N) is 3. The number of benzene rings is 1. The van der Waals surface area contributed by atoms with Gasteiger partial charge in [-0.2, -0.15) is 5.10 Å². The number of aromatic nitrogens is 4. The second-order valence-corrected chi connectivity index (χ2v) is 13.3. The largest absolute Gasteiger partial charge is 0.390 e. The van der Waals surface area contributed by atoms with Crippen LogP contribution in [-0.2, 0) is 13.0 Å². The number of rotatable bonds is 7. The summed E-state index contributed by atoms with van der Waals surface area (Å²) in [5.74, 6) is 0.506. The first-order valence-electron chi connectivity index (χ1n) is 13.1. The molecule has 5 aromatic rings. The lowest BCUT2D eigenvalue weighted by Crippen LogP contribution is -2.38. The highest BCUT2D eigenvalue weighted by molar-refractivity contribution is 7.22. The summed E-state index contributed by atoms with van der Waals surface area (Å²) in [6, 6.07) is 13.0. The molecule has 1 aromatic carbocycles. The van der Waals surface area contributed by atoms with Gasteiger partial charge in [0.1, 0.15) is 11.5 Å². The molecule has 5 rings (SSSR count). The van der Waals surface area contributed by atoms with E-state index in [0.717, 1.165) is 55.1 Å². The van der Waals surface area contributed by atoms with Crippen LogP contribution in [0.4, 0.5) is 5.82 Å². The van der Waals surface area contributed by atoms with Gasteiger partial charge >= 0.3 is 0 Å². The highest BCUT2D eigenvalue weighted by Gasteiger charge is 2.25. The summed E-state index contributed by atoms with van der Waals surface area (Å²) in [6.07, 6.45) is 2.30. The van der Waals surface area contributed by atoms with Crippen LogP contribution in [0.1, 0.15) is 52.7 Å². The molecule has 0 saturated carbocycles. The minimum Gasteiger partial charge on any atom is -0.390 e. The Morgan fingerprint density at radius 2 is 1.84 bits per heavy atom. The SMILES string of the molecule is C[C@@H](N(C)Cc1cc(CC(C)(C)O)c2cc(-c3n[nH]c4cc(-c5ccnc(N)c5)sc34)[nH]c2c1)C(C)(C)C. The third-order valence-corrected chi connectivity index (χ3v) is 8.60. The van der Waals surface area contributed by atoms with E-state index < -0.39 is 5.60 Å². The fraction of sp³-hybridized carbons (Fsp3) is 0.400. The van der Waals surface area contributed by atoms with Crippen molar-refractivity contribution in [3.63, 3.8) is 0 Å². The number of pyridine rings is 1. The number of aromatic amines is 2. The van der Waals surface area contributed by atoms with E-state index in [4.69, 9.17) is 5.73 Å². The van der Waals surface area contributed by atoms with Crippen LogP contribution in [0, 0.1) is 5.41 Å². The number of H-pyrrole nitrogens is 2. The molecule has 0 aliphatic carbocycles. The summed E-state index contributed by atoms with van der Waals surface area (Å²) in [7, 11) is 2.18. The third kappa shape index (κ3) is 5.34. The minimum absolute atomic E-state index is 0.182. The van der Waals surface area contributed by atoms with Gasteiger partial charge in [-0.05, 0) is 80.3 Å². The molecule has 0 fully saturated rings. The zero-order valence-corrected chi connectivity index (χ0v) is 24.1. The topological polar surface area (TPSA) is 107 Å². The zero-order valence-electron chi connectivity index (χ0n) is 23.3. The van der Waals surface area contributed by atoms with Gasteiger partial charge in [-0.25, -0.2) is 4.98 Å². The lowest BCUT2D eigenvalue weighted by atomic mass is 9.87. The smallest absolute Gasteiger partial charge is 0.126 e. The van der Waals surface area contributed by atoms with E-state index in [0.29, 0.717) is 18.3 Å². The molecule has 5 N–H and O–H groups in total. The number of fused-ring (bicyclic) bond motifs is 2. The molecular formula is C30H38N6OS. The first-order chi connectivity index (χ1) is 17.8. The van der Waals surface area contributed by atoms with E-state index in [1.54, 1.807) is 17.5 Å². The molecule has 0 aliphatic heterocycles. The van der Waals surface area contributed by atoms with Crippen LogP contribution in [0.2, 0.25) is 0 Å². The van der Waals surface area contributed by atoms with Crippen LogP contribution in [0.25, 0.3) is 42.9 Å². The van der Waals surface area contributed by atoms with Crippen molar-refractivity contribution in [1.82, 2.24) is 25.1 Å². The van der Waals surface area contributed by atoms with Crippen molar-refractivity contribution >= 4 is 38.3 Å². The molecule has 8 heteroatoms. The van der Waals surface area contributed by atoms with Crippen molar-refractivity contribution in [2.75, 3.05) is 12.8 Å². The quantitative estimate of drug-likeness (QED) is 0.190. The summed E-state index contributed by atoms with van der Waals surface area (Å²) in [6.45, 7) is 13.7. The van der Waals surface area contributed by atoms with Gasteiger partial charge in [0, 0.05) is 41.0 Å². The summed E-state index contributed by atoms with van der Waals surface area (Å²) < 4.78 is 1.09. The lowest BCUT2D eigenvalue weighted by Gasteiger charge is -2.35. The van der Waals surface area contributed by atoms with Crippen LogP contribution >= 0.6 is 11.3 Å². The van der Waals surface area contributed by atoms with Gasteiger partial charge in [0.05, 0.1) is 21.5 Å². The molecule has 7 nitrogen and oxygen atoms in total. The van der Waals surface area contributed by atoms with Gasteiger partial charge in [-0.15, -0.1) is 11.3 Å². The maximum absolute atomic E-state index is 10.7. The van der Waals surface area contributed by atoms with E-state index in [-0.39, 0.29) is 5.41 Å². The summed E-state index contributed by atoms with van der Waals surface area (Å²) >= 11 is 1.68. The van der Waals surface area contributed by atoms with Crippen LogP contribution in [0.5, 0.6) is 0 Å². The molecule has 38 heavy (non-hydrogen) atoms. The zero-order chi connectivity index (χ0) is 27.4. The summed E-state index contributed by atoms with van der Waals surface area (Å²) in [5.41, 5.74) is 12.6. The summed E-state index contributed by atoms with van der Waals surface area (Å²) in [4.78, 5) is 11.3. The van der Waals surface area contributed by atoms with Crippen LogP contribution in [0.15, 0.2) is 42.6 Å². The van der Waals surface area contributed by atoms with E-state index in [1.807, 2.05) is 26.0 Å². The van der Waals surface area contributed by atoms with Gasteiger partial charge < -0.3 is 15.8 Å². The maximum atomic E-state index is 10.7. The highest BCUT2D eigenvalue weighted by atomic mass is 32.1. The van der Waals surface area contributed by atoms with E-state index in [1.165, 1.54) is 5.56 Å². The second kappa shape index (κ2) is 9.52. The van der Waals surface area contributed by atoms with Gasteiger partial charge in [-0.1, -0.05) is 26.8 Å². The Kier molecular flexibility index (Phi) is 6.62. The molecule has 0 amide bonds. The number of nitrogen functional groups attached to an aromatic ring is 1. The molecule has 0 bridgehead atoms. The number of nitrogens with one attached hydrogen (secondary N) is 2. The van der Waals surface area contributed by atoms with Crippen LogP contribution in [-0.4, -0.2) is 48.9 Å². The molecule has 4 heterocycles. The third-order valence-electron chi connectivity index (χ3n) is 7.41. The van der Waals surface area contributed by atoms with Crippen molar-refractivity contribution in [2.24, 2.45) is 5.41 Å². The fourth-order valence-corrected chi connectivity index (χ4v) is 6.15. The Morgan fingerprint density at radius 3 is 2.53 bits per heavy atom. The van der Waals surface area contributed by atoms with Crippen LogP contribution < -0.4 is 5.73 Å². The molecule has 0 unspecified atom stereocenters. The monoisotopic (exact) mass is 530 g/mol. The predicted molar refractivity (Wildman–Crippen MR) is 159 cm³/mol. The molecule has 0 aliphatic rings. The Balaban J connectivity index is 1.56. The first kappa shape index (κ1) is 26.4. The highest BCUT2D eigenvalue weighted by Crippen LogP contribution is 2.39. The number of thiophene rings is 1. The second-order valence-electron chi connectivity index (χ2n) is 12.2. The van der Waals surface area contributed by atoms with E-state index in [2.05, 4.69) is 84.1 Å². The molecular weight excluding hydrogens is 492 g/mol. The molecule has 200 valence electrons. The first-order valence-corrected chi connectivity index (χ1v) is 13.9. The van der Waals surface area contributed by atoms with Crippen molar-refractivity contribution in [2.45, 2.75) is 66.2 Å². The van der Waals surface area contributed by atoms with Crippen LogP contribution in [0.3, 0.4) is 0 Å². The van der Waals surface area contributed by atoms with Gasteiger partial charge in [0.15, 0.2) is 0 Å². The number of anilines is 1. The Morgan fingerprint density at radius 1 is 1.08 bits per heavy atom. The van der Waals surface area contributed by atoms with Gasteiger partial charge in [0.25, 0.3) is 0 Å². The average molecular weight is 531 g/mol. The average Bonchev–Trinajstić information content (AvgIpc) is 3.50. The normalized spacial score (nSPS) is 13.7. The van der Waals surface area contributed by atoms with Crippen molar-refractivity contribution in [3.8, 4) is 21.8 Å². The molecule has 1 atom stereocenters. The molecule has 0 spiro atoms. The predicted octanol–water partition coefficient (Wildman–Crippen LogP) is 6.60. The fourth-order valence-electron chi connectivity index (χ4n) is 5.04. The molecule has 0 saturated heterocycles. The van der Waals surface area contributed by atoms with E-state index in [9.17, 15) is 5.11 Å². The van der Waals surface area contributed by atoms with Crippen molar-refractivity contribution in [3.05, 3.63) is 53.7 Å². The molecule has 4 aromatic heterocycles. The van der Waals surface area contributed by atoms with Gasteiger partial charge in [-0.3, -0.25) is 10.00 Å². The Hall–Kier alpha value is -3.20. The number of hydrogen-bond donors (Lipinski definition) is 4. The van der Waals surface area contributed by atoms with Crippen molar-refractivity contribution < 1.29 is 5.11 Å². The maximum Gasteiger partial charge on any atom is 0.126 e.